The summed E-state index contributed by atoms with van der Waals surface area (Å²) in [5.41, 5.74) is 2.02. The number of nitrogens with zero attached hydrogens (tertiary/aromatic N) is 2. The van der Waals surface area contributed by atoms with Crippen molar-refractivity contribution in [3.63, 3.8) is 0 Å². The highest BCUT2D eigenvalue weighted by Crippen LogP contribution is 2.20. The first-order valence-corrected chi connectivity index (χ1v) is 7.38. The molecule has 0 fully saturated rings. The van der Waals surface area contributed by atoms with Crippen molar-refractivity contribution in [2.45, 2.75) is 19.8 Å². The molecule has 1 amide bonds. The highest BCUT2D eigenvalue weighted by Gasteiger charge is 2.21. The van der Waals surface area contributed by atoms with Crippen LogP contribution >= 0.6 is 0 Å². The zero-order valence-corrected chi connectivity index (χ0v) is 12.4. The van der Waals surface area contributed by atoms with Crippen LogP contribution in [0.4, 0.5) is 4.79 Å². The summed E-state index contributed by atoms with van der Waals surface area (Å²) in [5, 5.41) is 2.70. The summed E-state index contributed by atoms with van der Waals surface area (Å²) in [6.07, 6.45) is 5.33. The first-order valence-electron chi connectivity index (χ1n) is 7.38. The van der Waals surface area contributed by atoms with E-state index in [1.807, 2.05) is 49.4 Å². The molecule has 1 heterocycles. The Morgan fingerprint density at radius 3 is 2.82 bits per heavy atom. The minimum Gasteiger partial charge on any atom is -0.338 e. The van der Waals surface area contributed by atoms with Gasteiger partial charge in [0.1, 0.15) is 5.69 Å². The van der Waals surface area contributed by atoms with Gasteiger partial charge in [0.25, 0.3) is 5.56 Å². The molecule has 1 aliphatic carbocycles. The van der Waals surface area contributed by atoms with E-state index >= 15 is 0 Å². The van der Waals surface area contributed by atoms with Crippen LogP contribution in [-0.2, 0) is 6.42 Å². The van der Waals surface area contributed by atoms with E-state index in [1.54, 1.807) is 0 Å². The number of amides is 1. The van der Waals surface area contributed by atoms with E-state index in [-0.39, 0.29) is 5.56 Å². The van der Waals surface area contributed by atoms with Gasteiger partial charge in [0.15, 0.2) is 0 Å². The lowest BCUT2D eigenvalue weighted by Gasteiger charge is -2.17. The van der Waals surface area contributed by atoms with E-state index in [1.165, 1.54) is 4.57 Å². The SMILES string of the molecule is CCNC(=O)n1c2c(nc(-c3ccccc3)c1=O)C=CCC2. The van der Waals surface area contributed by atoms with Crippen LogP contribution in [0.25, 0.3) is 17.3 Å². The van der Waals surface area contributed by atoms with Gasteiger partial charge in [-0.25, -0.2) is 14.3 Å². The monoisotopic (exact) mass is 295 g/mol. The molecular formula is C17H17N3O2. The van der Waals surface area contributed by atoms with Crippen LogP contribution in [-0.4, -0.2) is 22.1 Å². The summed E-state index contributed by atoms with van der Waals surface area (Å²) in [6, 6.07) is 8.84. The fourth-order valence-electron chi connectivity index (χ4n) is 2.59. The number of aromatic nitrogens is 2. The molecule has 3 rings (SSSR count). The summed E-state index contributed by atoms with van der Waals surface area (Å²) >= 11 is 0. The smallest absolute Gasteiger partial charge is 0.328 e. The van der Waals surface area contributed by atoms with Gasteiger partial charge in [0, 0.05) is 12.1 Å². The molecule has 2 aromatic rings. The Morgan fingerprint density at radius 1 is 1.32 bits per heavy atom. The lowest BCUT2D eigenvalue weighted by atomic mass is 10.1. The number of carbonyl (C=O) groups excluding carboxylic acids is 1. The molecule has 0 unspecified atom stereocenters. The molecule has 0 saturated carbocycles. The molecule has 1 aliphatic rings. The van der Waals surface area contributed by atoms with E-state index < -0.39 is 6.03 Å². The molecule has 5 nitrogen and oxygen atoms in total. The van der Waals surface area contributed by atoms with Crippen molar-refractivity contribution >= 4 is 12.1 Å². The third-order valence-corrected chi connectivity index (χ3v) is 3.61. The third-order valence-electron chi connectivity index (χ3n) is 3.61. The second-order valence-corrected chi connectivity index (χ2v) is 5.08. The molecule has 0 atom stereocenters. The van der Waals surface area contributed by atoms with Crippen LogP contribution in [0.15, 0.2) is 41.2 Å². The van der Waals surface area contributed by atoms with Gasteiger partial charge in [-0.1, -0.05) is 36.4 Å². The van der Waals surface area contributed by atoms with Gasteiger partial charge in [0.2, 0.25) is 0 Å². The Hall–Kier alpha value is -2.69. The summed E-state index contributed by atoms with van der Waals surface area (Å²) in [7, 11) is 0. The largest absolute Gasteiger partial charge is 0.338 e. The molecule has 112 valence electrons. The van der Waals surface area contributed by atoms with E-state index in [2.05, 4.69) is 10.3 Å². The van der Waals surface area contributed by atoms with Crippen LogP contribution < -0.4 is 10.9 Å². The average molecular weight is 295 g/mol. The maximum atomic E-state index is 12.8. The normalized spacial score (nSPS) is 12.8. The summed E-state index contributed by atoms with van der Waals surface area (Å²) < 4.78 is 1.23. The summed E-state index contributed by atoms with van der Waals surface area (Å²) in [6.45, 7) is 2.30. The Kier molecular flexibility index (Phi) is 3.87. The van der Waals surface area contributed by atoms with Crippen molar-refractivity contribution in [2.75, 3.05) is 6.54 Å². The number of allylic oxidation sites excluding steroid dienone is 1. The van der Waals surface area contributed by atoms with Crippen LogP contribution in [0.1, 0.15) is 24.7 Å². The Balaban J connectivity index is 2.26. The van der Waals surface area contributed by atoms with E-state index in [0.717, 1.165) is 6.42 Å². The number of hydrogen-bond acceptors (Lipinski definition) is 3. The van der Waals surface area contributed by atoms with E-state index in [9.17, 15) is 9.59 Å². The van der Waals surface area contributed by atoms with Crippen molar-refractivity contribution in [2.24, 2.45) is 0 Å². The maximum Gasteiger partial charge on any atom is 0.328 e. The van der Waals surface area contributed by atoms with E-state index in [0.29, 0.717) is 35.6 Å². The minimum atomic E-state index is -0.390. The number of fused-ring (bicyclic) bond motifs is 1. The van der Waals surface area contributed by atoms with Crippen molar-refractivity contribution in [3.8, 4) is 11.3 Å². The number of carbonyl (C=O) groups is 1. The molecule has 0 saturated heterocycles. The molecule has 1 aromatic carbocycles. The summed E-state index contributed by atoms with van der Waals surface area (Å²) in [5.74, 6) is 0. The van der Waals surface area contributed by atoms with Gasteiger partial charge in [-0.15, -0.1) is 0 Å². The first kappa shape index (κ1) is 14.3. The van der Waals surface area contributed by atoms with E-state index in [4.69, 9.17) is 0 Å². The molecular weight excluding hydrogens is 278 g/mol. The van der Waals surface area contributed by atoms with Gasteiger partial charge in [-0.05, 0) is 25.8 Å². The van der Waals surface area contributed by atoms with Gasteiger partial charge in [0.05, 0.1) is 11.4 Å². The van der Waals surface area contributed by atoms with Crippen molar-refractivity contribution in [1.82, 2.24) is 14.9 Å². The van der Waals surface area contributed by atoms with Crippen molar-refractivity contribution < 1.29 is 4.79 Å². The topological polar surface area (TPSA) is 64.0 Å². The van der Waals surface area contributed by atoms with Gasteiger partial charge in [-0.2, -0.15) is 0 Å². The Bertz CT molecular complexity index is 792. The summed E-state index contributed by atoms with van der Waals surface area (Å²) in [4.78, 5) is 29.6. The van der Waals surface area contributed by atoms with Gasteiger partial charge >= 0.3 is 6.03 Å². The molecule has 5 heteroatoms. The quantitative estimate of drug-likeness (QED) is 0.925. The van der Waals surface area contributed by atoms with Crippen LogP contribution in [0.5, 0.6) is 0 Å². The number of benzene rings is 1. The lowest BCUT2D eigenvalue weighted by molar-refractivity contribution is 0.241. The van der Waals surface area contributed by atoms with Gasteiger partial charge in [-0.3, -0.25) is 4.79 Å². The second-order valence-electron chi connectivity index (χ2n) is 5.08. The molecule has 0 bridgehead atoms. The predicted octanol–water partition coefficient (Wildman–Crippen LogP) is 2.45. The molecule has 1 N–H and O–H groups in total. The number of nitrogens with one attached hydrogen (secondary N) is 1. The van der Waals surface area contributed by atoms with Crippen molar-refractivity contribution in [1.29, 1.82) is 0 Å². The molecule has 22 heavy (non-hydrogen) atoms. The van der Waals surface area contributed by atoms with Crippen molar-refractivity contribution in [3.05, 3.63) is 58.1 Å². The minimum absolute atomic E-state index is 0.303. The lowest BCUT2D eigenvalue weighted by Crippen LogP contribution is -2.40. The fraction of sp³-hybridized carbons (Fsp3) is 0.235. The number of rotatable bonds is 2. The number of hydrogen-bond donors (Lipinski definition) is 1. The van der Waals surface area contributed by atoms with Crippen LogP contribution in [0, 0.1) is 0 Å². The zero-order valence-electron chi connectivity index (χ0n) is 12.4. The standard InChI is InChI=1S/C17H17N3O2/c1-2-18-17(22)20-14-11-7-6-10-13(14)19-15(16(20)21)12-8-4-3-5-9-12/h3-6,8-10H,2,7,11H2,1H3,(H,18,22). The Labute approximate surface area is 128 Å². The van der Waals surface area contributed by atoms with Gasteiger partial charge < -0.3 is 5.32 Å². The maximum absolute atomic E-state index is 12.8. The van der Waals surface area contributed by atoms with Crippen LogP contribution in [0.2, 0.25) is 0 Å². The highest BCUT2D eigenvalue weighted by molar-refractivity contribution is 5.79. The molecule has 0 aliphatic heterocycles. The zero-order chi connectivity index (χ0) is 15.5. The first-order chi connectivity index (χ1) is 10.7. The molecule has 0 radical (unpaired) electrons. The molecule has 1 aromatic heterocycles. The molecule has 0 spiro atoms. The predicted molar refractivity (Wildman–Crippen MR) is 85.8 cm³/mol. The third kappa shape index (κ3) is 2.45. The van der Waals surface area contributed by atoms with Crippen LogP contribution in [0.3, 0.4) is 0 Å². The Morgan fingerprint density at radius 2 is 2.09 bits per heavy atom. The average Bonchev–Trinajstić information content (AvgIpc) is 2.55. The fourth-order valence-corrected chi connectivity index (χ4v) is 2.59. The highest BCUT2D eigenvalue weighted by atomic mass is 16.2. The second kappa shape index (κ2) is 5.97.